The van der Waals surface area contributed by atoms with Crippen LogP contribution in [0.3, 0.4) is 0 Å². The number of rotatable bonds is 2. The van der Waals surface area contributed by atoms with Gasteiger partial charge in [0.15, 0.2) is 0 Å². The Labute approximate surface area is 72.7 Å². The van der Waals surface area contributed by atoms with Gasteiger partial charge in [-0.25, -0.2) is 4.39 Å². The number of primary amides is 1. The molecule has 1 aromatic carbocycles. The summed E-state index contributed by atoms with van der Waals surface area (Å²) in [4.78, 5) is 10.7. The normalized spacial score (nSPS) is 9.69. The lowest BCUT2D eigenvalue weighted by atomic mass is 10.1. The molecule has 0 aromatic heterocycles. The highest BCUT2D eigenvalue weighted by atomic mass is 19.1. The third-order valence-corrected chi connectivity index (χ3v) is 1.50. The molecule has 68 valence electrons. The van der Waals surface area contributed by atoms with Crippen molar-refractivity contribution < 1.29 is 13.6 Å². The van der Waals surface area contributed by atoms with Crippen LogP contribution in [0.2, 0.25) is 0 Å². The van der Waals surface area contributed by atoms with Gasteiger partial charge in [-0.05, 0) is 12.1 Å². The minimum atomic E-state index is -1.51. The highest BCUT2D eigenvalue weighted by Crippen LogP contribution is 2.14. The number of hydrogen-bond donors (Lipinski definition) is 2. The van der Waals surface area contributed by atoms with Gasteiger partial charge in [0.25, 0.3) is 0 Å². The minimum Gasteiger partial charge on any atom is -0.366 e. The van der Waals surface area contributed by atoms with E-state index in [1.807, 2.05) is 0 Å². The lowest BCUT2D eigenvalue weighted by Crippen LogP contribution is -2.16. The van der Waals surface area contributed by atoms with Crippen LogP contribution in [-0.2, 0) is 0 Å². The Kier molecular flexibility index (Phi) is 2.36. The van der Waals surface area contributed by atoms with Gasteiger partial charge < -0.3 is 5.73 Å². The van der Waals surface area contributed by atoms with Crippen molar-refractivity contribution in [3.63, 3.8) is 0 Å². The maximum atomic E-state index is 12.9. The highest BCUT2D eigenvalue weighted by Gasteiger charge is 2.16. The molecule has 3 N–H and O–H groups in total. The van der Waals surface area contributed by atoms with Gasteiger partial charge in [-0.3, -0.25) is 10.2 Å². The molecule has 0 fully saturated rings. The maximum absolute atomic E-state index is 12.9. The summed E-state index contributed by atoms with van der Waals surface area (Å²) in [6.45, 7) is 0. The van der Waals surface area contributed by atoms with E-state index in [-0.39, 0.29) is 5.56 Å². The van der Waals surface area contributed by atoms with Crippen LogP contribution in [0, 0.1) is 11.2 Å². The molecule has 3 nitrogen and oxygen atoms in total. The predicted octanol–water partition coefficient (Wildman–Crippen LogP) is 1.22. The van der Waals surface area contributed by atoms with Crippen LogP contribution in [0.15, 0.2) is 18.2 Å². The first-order valence-electron chi connectivity index (χ1n) is 3.36. The molecule has 0 radical (unpaired) electrons. The average molecular weight is 184 g/mol. The van der Waals surface area contributed by atoms with Gasteiger partial charge >= 0.3 is 0 Å². The fraction of sp³-hybridized carbons (Fsp3) is 0. The molecule has 13 heavy (non-hydrogen) atoms. The zero-order valence-electron chi connectivity index (χ0n) is 6.47. The summed E-state index contributed by atoms with van der Waals surface area (Å²) in [7, 11) is 0. The number of amides is 1. The van der Waals surface area contributed by atoms with Crippen molar-refractivity contribution in [3.05, 3.63) is 35.1 Å². The number of carbonyl (C=O) groups excluding carboxylic acids is 1. The fourth-order valence-electron chi connectivity index (χ4n) is 0.953. The van der Waals surface area contributed by atoms with Crippen molar-refractivity contribution in [1.82, 2.24) is 0 Å². The van der Waals surface area contributed by atoms with Crippen molar-refractivity contribution in [2.75, 3.05) is 0 Å². The number of hydrogen-bond acceptors (Lipinski definition) is 2. The minimum absolute atomic E-state index is 0.326. The van der Waals surface area contributed by atoms with Crippen LogP contribution < -0.4 is 5.73 Å². The zero-order valence-corrected chi connectivity index (χ0v) is 6.47. The van der Waals surface area contributed by atoms with Crippen molar-refractivity contribution in [3.8, 4) is 0 Å². The van der Waals surface area contributed by atoms with Crippen LogP contribution in [0.4, 0.5) is 8.78 Å². The number of halogens is 2. The Morgan fingerprint density at radius 2 is 2.08 bits per heavy atom. The second-order valence-corrected chi connectivity index (χ2v) is 2.34. The fourth-order valence-corrected chi connectivity index (χ4v) is 0.953. The Bertz CT molecular complexity index is 376. The maximum Gasteiger partial charge on any atom is 0.249 e. The van der Waals surface area contributed by atoms with E-state index in [2.05, 4.69) is 0 Å². The average Bonchev–Trinajstić information content (AvgIpc) is 2.02. The molecule has 0 aliphatic rings. The first-order chi connectivity index (χ1) is 6.04. The topological polar surface area (TPSA) is 66.9 Å². The molecule has 0 saturated heterocycles. The van der Waals surface area contributed by atoms with Crippen LogP contribution in [-0.4, -0.2) is 11.9 Å². The van der Waals surface area contributed by atoms with Crippen LogP contribution >= 0.6 is 0 Å². The molecule has 0 saturated carbocycles. The SMILES string of the molecule is N=C(F)c1c(F)cccc1C(N)=O. The Hall–Kier alpha value is -1.78. The quantitative estimate of drug-likeness (QED) is 0.666. The smallest absolute Gasteiger partial charge is 0.249 e. The molecule has 0 aliphatic carbocycles. The van der Waals surface area contributed by atoms with Gasteiger partial charge in [0.1, 0.15) is 5.82 Å². The lowest BCUT2D eigenvalue weighted by Gasteiger charge is -2.02. The van der Waals surface area contributed by atoms with Crippen LogP contribution in [0.5, 0.6) is 0 Å². The summed E-state index contributed by atoms with van der Waals surface area (Å²) in [6.07, 6.45) is 0. The summed E-state index contributed by atoms with van der Waals surface area (Å²) >= 11 is 0. The van der Waals surface area contributed by atoms with E-state index in [1.165, 1.54) is 6.07 Å². The lowest BCUT2D eigenvalue weighted by molar-refractivity contribution is 0.0999. The largest absolute Gasteiger partial charge is 0.366 e. The van der Waals surface area contributed by atoms with E-state index < -0.39 is 23.3 Å². The molecule has 1 amide bonds. The molecule has 0 atom stereocenters. The third-order valence-electron chi connectivity index (χ3n) is 1.50. The van der Waals surface area contributed by atoms with E-state index in [1.54, 1.807) is 0 Å². The molecule has 0 unspecified atom stereocenters. The first kappa shape index (κ1) is 9.31. The van der Waals surface area contributed by atoms with Crippen molar-refractivity contribution in [2.24, 2.45) is 5.73 Å². The summed E-state index contributed by atoms with van der Waals surface area (Å²) in [5.74, 6) is -3.44. The molecular formula is C8H6F2N2O. The number of benzene rings is 1. The molecule has 0 spiro atoms. The Morgan fingerprint density at radius 1 is 1.46 bits per heavy atom. The predicted molar refractivity (Wildman–Crippen MR) is 42.9 cm³/mol. The molecule has 1 rings (SSSR count). The van der Waals surface area contributed by atoms with E-state index in [0.29, 0.717) is 0 Å². The van der Waals surface area contributed by atoms with Crippen molar-refractivity contribution in [1.29, 1.82) is 5.41 Å². The first-order valence-corrected chi connectivity index (χ1v) is 3.36. The summed E-state index contributed by atoms with van der Waals surface area (Å²) in [6, 6.07) is 3.34. The van der Waals surface area contributed by atoms with Gasteiger partial charge in [0.2, 0.25) is 11.9 Å². The number of nitrogens with two attached hydrogens (primary N) is 1. The highest BCUT2D eigenvalue weighted by molar-refractivity contribution is 6.05. The molecule has 0 aliphatic heterocycles. The summed E-state index contributed by atoms with van der Waals surface area (Å²) in [5, 5.41) is 6.60. The second kappa shape index (κ2) is 3.30. The van der Waals surface area contributed by atoms with E-state index in [4.69, 9.17) is 11.1 Å². The van der Waals surface area contributed by atoms with Gasteiger partial charge in [-0.1, -0.05) is 6.07 Å². The number of carbonyl (C=O) groups is 1. The van der Waals surface area contributed by atoms with Gasteiger partial charge in [-0.2, -0.15) is 4.39 Å². The standard InChI is InChI=1S/C8H6F2N2O/c9-5-3-1-2-4(8(12)13)6(5)7(10)11/h1-3,11H,(H2,12,13). The monoisotopic (exact) mass is 184 g/mol. The van der Waals surface area contributed by atoms with E-state index in [0.717, 1.165) is 12.1 Å². The molecule has 0 heterocycles. The Morgan fingerprint density at radius 3 is 2.46 bits per heavy atom. The van der Waals surface area contributed by atoms with Crippen LogP contribution in [0.1, 0.15) is 15.9 Å². The molecule has 5 heteroatoms. The van der Waals surface area contributed by atoms with Crippen molar-refractivity contribution in [2.45, 2.75) is 0 Å². The van der Waals surface area contributed by atoms with E-state index >= 15 is 0 Å². The van der Waals surface area contributed by atoms with E-state index in [9.17, 15) is 13.6 Å². The molecule has 1 aromatic rings. The zero-order chi connectivity index (χ0) is 10.0. The van der Waals surface area contributed by atoms with Gasteiger partial charge in [0.05, 0.1) is 11.1 Å². The van der Waals surface area contributed by atoms with Gasteiger partial charge in [-0.15, -0.1) is 0 Å². The van der Waals surface area contributed by atoms with Gasteiger partial charge in [0, 0.05) is 0 Å². The summed E-state index contributed by atoms with van der Waals surface area (Å²) < 4.78 is 25.3. The third kappa shape index (κ3) is 1.69. The van der Waals surface area contributed by atoms with Crippen molar-refractivity contribution >= 4 is 11.9 Å². The number of nitrogens with one attached hydrogen (secondary N) is 1. The molecule has 0 bridgehead atoms. The second-order valence-electron chi connectivity index (χ2n) is 2.34. The van der Waals surface area contributed by atoms with Crippen LogP contribution in [0.25, 0.3) is 0 Å². The Balaban J connectivity index is 3.43. The molecular weight excluding hydrogens is 178 g/mol. The summed E-state index contributed by atoms with van der Waals surface area (Å²) in [5.41, 5.74) is 3.84.